The number of hydrogen-bond donors (Lipinski definition) is 0. The summed E-state index contributed by atoms with van der Waals surface area (Å²) in [7, 11) is 0. The van der Waals surface area contributed by atoms with Crippen molar-refractivity contribution in [3.63, 3.8) is 0 Å². The Labute approximate surface area is 175 Å². The van der Waals surface area contributed by atoms with Crippen molar-refractivity contribution in [2.75, 3.05) is 25.4 Å². The average Bonchev–Trinajstić information content (AvgIpc) is 3.16. The first-order valence-corrected chi connectivity index (χ1v) is 11.0. The number of nitrogens with zero attached hydrogens (tertiary/aromatic N) is 5. The third-order valence-electron chi connectivity index (χ3n) is 4.82. The zero-order valence-corrected chi connectivity index (χ0v) is 17.7. The van der Waals surface area contributed by atoms with E-state index < -0.39 is 0 Å². The van der Waals surface area contributed by atoms with Crippen molar-refractivity contribution in [2.24, 2.45) is 5.92 Å². The Morgan fingerprint density at radius 3 is 2.76 bits per heavy atom. The van der Waals surface area contributed by atoms with E-state index in [0.717, 1.165) is 42.4 Å². The lowest BCUT2D eigenvalue weighted by Crippen LogP contribution is -2.43. The summed E-state index contributed by atoms with van der Waals surface area (Å²) in [5.41, 5.74) is 0.951. The summed E-state index contributed by atoms with van der Waals surface area (Å²) >= 11 is 1.39. The lowest BCUT2D eigenvalue weighted by atomic mass is 9.98. The van der Waals surface area contributed by atoms with Gasteiger partial charge in [-0.2, -0.15) is 0 Å². The molecule has 0 spiro atoms. The van der Waals surface area contributed by atoms with Crippen LogP contribution in [-0.4, -0.2) is 62.0 Å². The molecule has 1 atom stereocenters. The maximum atomic E-state index is 12.7. The van der Waals surface area contributed by atoms with Crippen molar-refractivity contribution in [3.8, 4) is 11.4 Å². The van der Waals surface area contributed by atoms with Crippen molar-refractivity contribution in [3.05, 3.63) is 24.5 Å². The fourth-order valence-corrected chi connectivity index (χ4v) is 4.28. The number of ether oxygens (including phenoxy) is 1. The minimum Gasteiger partial charge on any atom is -0.466 e. The topological polar surface area (TPSA) is 90.2 Å². The lowest BCUT2D eigenvalue weighted by Gasteiger charge is -2.31. The van der Waals surface area contributed by atoms with Crippen LogP contribution in [-0.2, 0) is 20.9 Å². The maximum Gasteiger partial charge on any atom is 0.310 e. The normalized spacial score (nSPS) is 16.6. The summed E-state index contributed by atoms with van der Waals surface area (Å²) in [5.74, 6) is 0.639. The molecule has 2 aromatic rings. The molecule has 8 nitrogen and oxygen atoms in total. The third-order valence-corrected chi connectivity index (χ3v) is 5.77. The van der Waals surface area contributed by atoms with Crippen LogP contribution < -0.4 is 0 Å². The summed E-state index contributed by atoms with van der Waals surface area (Å²) in [6.07, 6.45) is 5.98. The second-order valence-electron chi connectivity index (χ2n) is 6.91. The van der Waals surface area contributed by atoms with Crippen LogP contribution in [0.5, 0.6) is 0 Å². The molecule has 1 fully saturated rings. The molecule has 1 unspecified atom stereocenters. The van der Waals surface area contributed by atoms with Crippen LogP contribution in [0.25, 0.3) is 11.4 Å². The van der Waals surface area contributed by atoms with Gasteiger partial charge in [-0.05, 0) is 38.3 Å². The molecule has 156 valence electrons. The molecule has 0 radical (unpaired) electrons. The van der Waals surface area contributed by atoms with E-state index >= 15 is 0 Å². The number of hydrogen-bond acceptors (Lipinski definition) is 7. The van der Waals surface area contributed by atoms with Crippen molar-refractivity contribution >= 4 is 23.6 Å². The van der Waals surface area contributed by atoms with Crippen molar-refractivity contribution in [1.29, 1.82) is 0 Å². The monoisotopic (exact) mass is 417 g/mol. The Balaban J connectivity index is 1.64. The second-order valence-corrected chi connectivity index (χ2v) is 7.86. The highest BCUT2D eigenvalue weighted by atomic mass is 32.2. The zero-order valence-electron chi connectivity index (χ0n) is 16.9. The summed E-state index contributed by atoms with van der Waals surface area (Å²) < 4.78 is 7.16. The molecule has 3 rings (SSSR count). The molecule has 1 amide bonds. The minimum absolute atomic E-state index is 0.0144. The summed E-state index contributed by atoms with van der Waals surface area (Å²) in [4.78, 5) is 30.6. The van der Waals surface area contributed by atoms with Crippen LogP contribution >= 0.6 is 11.8 Å². The lowest BCUT2D eigenvalue weighted by molar-refractivity contribution is -0.151. The van der Waals surface area contributed by atoms with E-state index in [9.17, 15) is 9.59 Å². The smallest absolute Gasteiger partial charge is 0.310 e. The number of rotatable bonds is 8. The highest BCUT2D eigenvalue weighted by Crippen LogP contribution is 2.25. The molecule has 0 bridgehead atoms. The molecule has 0 aromatic carbocycles. The molecule has 1 saturated heterocycles. The Hall–Kier alpha value is -2.42. The molecule has 29 heavy (non-hydrogen) atoms. The van der Waals surface area contributed by atoms with Gasteiger partial charge in [0.2, 0.25) is 5.91 Å². The van der Waals surface area contributed by atoms with Gasteiger partial charge in [-0.3, -0.25) is 14.6 Å². The Morgan fingerprint density at radius 2 is 2.03 bits per heavy atom. The molecule has 1 aliphatic heterocycles. The number of carbonyl (C=O) groups is 2. The van der Waals surface area contributed by atoms with Crippen molar-refractivity contribution in [1.82, 2.24) is 24.6 Å². The van der Waals surface area contributed by atoms with E-state index in [1.165, 1.54) is 11.8 Å². The predicted octanol–water partition coefficient (Wildman–Crippen LogP) is 2.64. The van der Waals surface area contributed by atoms with Crippen LogP contribution in [0.2, 0.25) is 0 Å². The maximum absolute atomic E-state index is 12.7. The largest absolute Gasteiger partial charge is 0.466 e. The van der Waals surface area contributed by atoms with Crippen LogP contribution in [0, 0.1) is 5.92 Å². The highest BCUT2D eigenvalue weighted by molar-refractivity contribution is 7.99. The first kappa shape index (κ1) is 21.3. The van der Waals surface area contributed by atoms with Gasteiger partial charge in [-0.15, -0.1) is 10.2 Å². The number of pyridine rings is 1. The summed E-state index contributed by atoms with van der Waals surface area (Å²) in [6, 6.07) is 3.80. The number of amides is 1. The molecular formula is C20H27N5O3S. The van der Waals surface area contributed by atoms with Gasteiger partial charge in [0.1, 0.15) is 0 Å². The van der Waals surface area contributed by atoms with E-state index in [1.807, 2.05) is 16.7 Å². The van der Waals surface area contributed by atoms with Crippen LogP contribution in [0.4, 0.5) is 0 Å². The number of likely N-dealkylation sites (tertiary alicyclic amines) is 1. The molecule has 2 aromatic heterocycles. The Kier molecular flexibility index (Phi) is 7.62. The van der Waals surface area contributed by atoms with Gasteiger partial charge in [0.15, 0.2) is 11.0 Å². The molecule has 0 N–H and O–H groups in total. The number of esters is 1. The standard InChI is InChI=1S/C20H27N5O3S/c1-3-11-25-18(15-7-9-21-10-8-15)22-23-20(25)29-14-17(26)24-12-5-6-16(13-24)19(27)28-4-2/h7-10,16H,3-6,11-14H2,1-2H3. The Bertz CT molecular complexity index is 827. The van der Waals surface area contributed by atoms with Gasteiger partial charge in [0.25, 0.3) is 0 Å². The fraction of sp³-hybridized carbons (Fsp3) is 0.550. The predicted molar refractivity (Wildman–Crippen MR) is 110 cm³/mol. The molecule has 3 heterocycles. The molecular weight excluding hydrogens is 390 g/mol. The molecule has 9 heteroatoms. The van der Waals surface area contributed by atoms with Gasteiger partial charge in [0, 0.05) is 37.6 Å². The minimum atomic E-state index is -0.223. The number of thioether (sulfide) groups is 1. The third kappa shape index (κ3) is 5.35. The van der Waals surface area contributed by atoms with Crippen molar-refractivity contribution in [2.45, 2.75) is 44.8 Å². The second kappa shape index (κ2) is 10.4. The van der Waals surface area contributed by atoms with Crippen LogP contribution in [0.1, 0.15) is 33.1 Å². The van der Waals surface area contributed by atoms with Gasteiger partial charge in [-0.1, -0.05) is 18.7 Å². The van der Waals surface area contributed by atoms with Crippen LogP contribution in [0.15, 0.2) is 29.7 Å². The summed E-state index contributed by atoms with van der Waals surface area (Å²) in [5, 5.41) is 9.36. The highest BCUT2D eigenvalue weighted by Gasteiger charge is 2.29. The molecule has 0 aliphatic carbocycles. The molecule has 1 aliphatic rings. The first-order valence-electron chi connectivity index (χ1n) is 10.0. The SMILES string of the molecule is CCCn1c(SCC(=O)N2CCCC(C(=O)OCC)C2)nnc1-c1ccncc1. The Morgan fingerprint density at radius 1 is 1.24 bits per heavy atom. The van der Waals surface area contributed by atoms with E-state index in [1.54, 1.807) is 24.2 Å². The van der Waals surface area contributed by atoms with Gasteiger partial charge in [0.05, 0.1) is 18.3 Å². The van der Waals surface area contributed by atoms with Crippen molar-refractivity contribution < 1.29 is 14.3 Å². The zero-order chi connectivity index (χ0) is 20.6. The number of carbonyl (C=O) groups excluding carboxylic acids is 2. The van der Waals surface area contributed by atoms with E-state index in [2.05, 4.69) is 22.1 Å². The average molecular weight is 418 g/mol. The van der Waals surface area contributed by atoms with E-state index in [-0.39, 0.29) is 23.5 Å². The van der Waals surface area contributed by atoms with Gasteiger partial charge < -0.3 is 14.2 Å². The van der Waals surface area contributed by atoms with Crippen LogP contribution in [0.3, 0.4) is 0 Å². The fourth-order valence-electron chi connectivity index (χ4n) is 3.41. The quantitative estimate of drug-likeness (QED) is 0.482. The van der Waals surface area contributed by atoms with E-state index in [0.29, 0.717) is 19.7 Å². The number of piperidine rings is 1. The van der Waals surface area contributed by atoms with Gasteiger partial charge in [-0.25, -0.2) is 0 Å². The summed E-state index contributed by atoms with van der Waals surface area (Å²) in [6.45, 7) is 6.15. The van der Waals surface area contributed by atoms with Gasteiger partial charge >= 0.3 is 5.97 Å². The first-order chi connectivity index (χ1) is 14.1. The number of aromatic nitrogens is 4. The van der Waals surface area contributed by atoms with E-state index in [4.69, 9.17) is 4.74 Å². The molecule has 0 saturated carbocycles.